The standard InChI is InChI=1S/C28H25NO4S/c30-24-16-25(21-11-13-22(14-12-21)32-18-19-6-5-15-29-17-19)33-28(31)27(24)34-26-10-4-3-9-23(26)20-7-1-2-8-20/h3-6,9-17,20,30H,1-2,7-8,18H2. The summed E-state index contributed by atoms with van der Waals surface area (Å²) in [6.45, 7) is 0.414. The molecule has 0 amide bonds. The first-order valence-electron chi connectivity index (χ1n) is 11.4. The molecule has 0 saturated heterocycles. The van der Waals surface area contributed by atoms with E-state index in [0.29, 0.717) is 29.6 Å². The third-order valence-corrected chi connectivity index (χ3v) is 7.25. The molecule has 1 N–H and O–H groups in total. The van der Waals surface area contributed by atoms with Crippen LogP contribution in [0.15, 0.2) is 98.1 Å². The number of rotatable bonds is 7. The van der Waals surface area contributed by atoms with Crippen LogP contribution in [0.2, 0.25) is 0 Å². The second-order valence-electron chi connectivity index (χ2n) is 8.41. The molecule has 1 fully saturated rings. The van der Waals surface area contributed by atoms with Gasteiger partial charge in [-0.1, -0.05) is 48.9 Å². The molecule has 5 nitrogen and oxygen atoms in total. The van der Waals surface area contributed by atoms with E-state index in [1.165, 1.54) is 49.1 Å². The number of hydrogen-bond donors (Lipinski definition) is 1. The van der Waals surface area contributed by atoms with Gasteiger partial charge in [-0.05, 0) is 60.7 Å². The van der Waals surface area contributed by atoms with Crippen molar-refractivity contribution in [2.75, 3.05) is 0 Å². The lowest BCUT2D eigenvalue weighted by Crippen LogP contribution is -2.04. The molecule has 2 heterocycles. The van der Waals surface area contributed by atoms with Crippen LogP contribution in [0, 0.1) is 0 Å². The predicted octanol–water partition coefficient (Wildman–Crippen LogP) is 6.80. The molecule has 0 spiro atoms. The highest BCUT2D eigenvalue weighted by Crippen LogP contribution is 2.42. The topological polar surface area (TPSA) is 72.6 Å². The molecule has 6 heteroatoms. The fraction of sp³-hybridized carbons (Fsp3) is 0.214. The molecular formula is C28H25NO4S. The summed E-state index contributed by atoms with van der Waals surface area (Å²) in [4.78, 5) is 18.1. The van der Waals surface area contributed by atoms with Crippen LogP contribution < -0.4 is 10.4 Å². The average Bonchev–Trinajstić information content (AvgIpc) is 3.41. The zero-order chi connectivity index (χ0) is 23.3. The van der Waals surface area contributed by atoms with E-state index < -0.39 is 5.63 Å². The molecule has 2 aromatic heterocycles. The molecule has 0 aliphatic heterocycles. The maximum atomic E-state index is 12.8. The summed E-state index contributed by atoms with van der Waals surface area (Å²) in [5.74, 6) is 1.44. The molecule has 172 valence electrons. The minimum Gasteiger partial charge on any atom is -0.506 e. The van der Waals surface area contributed by atoms with Gasteiger partial charge in [-0.2, -0.15) is 0 Å². The summed E-state index contributed by atoms with van der Waals surface area (Å²) in [5.41, 5.74) is 2.36. The molecule has 2 aromatic carbocycles. The smallest absolute Gasteiger partial charge is 0.354 e. The Labute approximate surface area is 202 Å². The van der Waals surface area contributed by atoms with E-state index in [1.807, 2.05) is 42.5 Å². The van der Waals surface area contributed by atoms with Gasteiger partial charge in [0, 0.05) is 34.5 Å². The first-order valence-corrected chi connectivity index (χ1v) is 12.2. The Morgan fingerprint density at radius 3 is 2.56 bits per heavy atom. The average molecular weight is 472 g/mol. The Morgan fingerprint density at radius 2 is 1.82 bits per heavy atom. The van der Waals surface area contributed by atoms with Crippen molar-refractivity contribution in [3.05, 3.63) is 101 Å². The third kappa shape index (κ3) is 5.02. The van der Waals surface area contributed by atoms with Crippen molar-refractivity contribution in [2.45, 2.75) is 48.0 Å². The van der Waals surface area contributed by atoms with Gasteiger partial charge in [0.1, 0.15) is 28.8 Å². The summed E-state index contributed by atoms with van der Waals surface area (Å²) in [6.07, 6.45) is 8.29. The van der Waals surface area contributed by atoms with Gasteiger partial charge in [0.05, 0.1) is 0 Å². The lowest BCUT2D eigenvalue weighted by molar-refractivity contribution is 0.306. The number of hydrogen-bond acceptors (Lipinski definition) is 6. The first kappa shape index (κ1) is 22.3. The minimum absolute atomic E-state index is 0.0746. The summed E-state index contributed by atoms with van der Waals surface area (Å²) in [5, 5.41) is 10.7. The van der Waals surface area contributed by atoms with Crippen LogP contribution in [0.3, 0.4) is 0 Å². The van der Waals surface area contributed by atoms with Gasteiger partial charge in [-0.25, -0.2) is 4.79 Å². The number of benzene rings is 2. The number of pyridine rings is 1. The van der Waals surface area contributed by atoms with Gasteiger partial charge in [0.2, 0.25) is 0 Å². The summed E-state index contributed by atoms with van der Waals surface area (Å²) < 4.78 is 11.4. The second kappa shape index (κ2) is 10.2. The van der Waals surface area contributed by atoms with Crippen molar-refractivity contribution in [1.82, 2.24) is 4.98 Å². The first-order chi connectivity index (χ1) is 16.7. The van der Waals surface area contributed by atoms with E-state index in [2.05, 4.69) is 11.1 Å². The Balaban J connectivity index is 1.33. The van der Waals surface area contributed by atoms with Gasteiger partial charge in [-0.15, -0.1) is 0 Å². The summed E-state index contributed by atoms with van der Waals surface area (Å²) >= 11 is 1.28. The Morgan fingerprint density at radius 1 is 1.03 bits per heavy atom. The van der Waals surface area contributed by atoms with E-state index in [0.717, 1.165) is 10.5 Å². The summed E-state index contributed by atoms with van der Waals surface area (Å²) in [7, 11) is 0. The minimum atomic E-state index is -0.543. The third-order valence-electron chi connectivity index (χ3n) is 6.08. The quantitative estimate of drug-likeness (QED) is 0.320. The molecule has 0 unspecified atom stereocenters. The number of nitrogens with zero attached hydrogens (tertiary/aromatic N) is 1. The molecule has 0 atom stereocenters. The van der Waals surface area contributed by atoms with Crippen molar-refractivity contribution in [3.8, 4) is 22.8 Å². The molecule has 0 bridgehead atoms. The van der Waals surface area contributed by atoms with E-state index in [9.17, 15) is 9.90 Å². The van der Waals surface area contributed by atoms with Crippen molar-refractivity contribution < 1.29 is 14.3 Å². The predicted molar refractivity (Wildman–Crippen MR) is 132 cm³/mol. The molecule has 1 aliphatic carbocycles. The fourth-order valence-corrected chi connectivity index (χ4v) is 5.34. The van der Waals surface area contributed by atoms with Gasteiger partial charge >= 0.3 is 5.63 Å². The van der Waals surface area contributed by atoms with E-state index in [1.54, 1.807) is 24.5 Å². The number of ether oxygens (including phenoxy) is 1. The Kier molecular flexibility index (Phi) is 6.67. The van der Waals surface area contributed by atoms with Crippen LogP contribution >= 0.6 is 11.8 Å². The second-order valence-corrected chi connectivity index (χ2v) is 9.46. The highest BCUT2D eigenvalue weighted by Gasteiger charge is 2.22. The molecular weight excluding hydrogens is 446 g/mol. The van der Waals surface area contributed by atoms with E-state index in [4.69, 9.17) is 9.15 Å². The van der Waals surface area contributed by atoms with Gasteiger partial charge in [0.15, 0.2) is 0 Å². The van der Waals surface area contributed by atoms with Crippen LogP contribution in [-0.4, -0.2) is 10.1 Å². The van der Waals surface area contributed by atoms with Crippen LogP contribution in [0.1, 0.15) is 42.7 Å². The maximum absolute atomic E-state index is 12.8. The number of aromatic hydroxyl groups is 1. The molecule has 5 rings (SSSR count). The number of aromatic nitrogens is 1. The monoisotopic (exact) mass is 471 g/mol. The molecule has 0 radical (unpaired) electrons. The van der Waals surface area contributed by atoms with E-state index in [-0.39, 0.29) is 10.6 Å². The van der Waals surface area contributed by atoms with Crippen LogP contribution in [0.4, 0.5) is 0 Å². The lowest BCUT2D eigenvalue weighted by atomic mass is 9.98. The lowest BCUT2D eigenvalue weighted by Gasteiger charge is -2.15. The van der Waals surface area contributed by atoms with Gasteiger partial charge in [-0.3, -0.25) is 4.98 Å². The maximum Gasteiger partial charge on any atom is 0.354 e. The van der Waals surface area contributed by atoms with Crippen molar-refractivity contribution in [2.24, 2.45) is 0 Å². The zero-order valence-electron chi connectivity index (χ0n) is 18.6. The highest BCUT2D eigenvalue weighted by atomic mass is 32.2. The zero-order valence-corrected chi connectivity index (χ0v) is 19.5. The highest BCUT2D eigenvalue weighted by molar-refractivity contribution is 7.99. The van der Waals surface area contributed by atoms with Crippen LogP contribution in [0.5, 0.6) is 11.5 Å². The van der Waals surface area contributed by atoms with Crippen LogP contribution in [0.25, 0.3) is 11.3 Å². The van der Waals surface area contributed by atoms with Crippen molar-refractivity contribution in [1.29, 1.82) is 0 Å². The molecule has 1 aliphatic rings. The van der Waals surface area contributed by atoms with Crippen LogP contribution in [-0.2, 0) is 6.61 Å². The largest absolute Gasteiger partial charge is 0.506 e. The fourth-order valence-electron chi connectivity index (χ4n) is 4.33. The van der Waals surface area contributed by atoms with Gasteiger partial charge in [0.25, 0.3) is 0 Å². The Hall–Kier alpha value is -3.51. The summed E-state index contributed by atoms with van der Waals surface area (Å²) in [6, 6.07) is 20.7. The molecule has 4 aromatic rings. The molecule has 1 saturated carbocycles. The van der Waals surface area contributed by atoms with Crippen molar-refractivity contribution in [3.63, 3.8) is 0 Å². The molecule has 34 heavy (non-hydrogen) atoms. The normalized spacial score (nSPS) is 13.8. The SMILES string of the molecule is O=c1oc(-c2ccc(OCc3cccnc3)cc2)cc(O)c1Sc1ccccc1C1CCCC1. The van der Waals surface area contributed by atoms with E-state index >= 15 is 0 Å². The van der Waals surface area contributed by atoms with Crippen molar-refractivity contribution >= 4 is 11.8 Å². The van der Waals surface area contributed by atoms with Gasteiger partial charge < -0.3 is 14.3 Å². The Bertz CT molecular complexity index is 1310.